The normalized spacial score (nSPS) is 21.6. The Hall–Kier alpha value is -1.57. The lowest BCUT2D eigenvalue weighted by Crippen LogP contribution is -2.47. The highest BCUT2D eigenvalue weighted by Gasteiger charge is 2.35. The van der Waals surface area contributed by atoms with E-state index in [0.29, 0.717) is 43.7 Å². The first-order valence-corrected chi connectivity index (χ1v) is 12.6. The summed E-state index contributed by atoms with van der Waals surface area (Å²) < 4.78 is 28.7. The van der Waals surface area contributed by atoms with Crippen molar-refractivity contribution < 1.29 is 18.6 Å². The third kappa shape index (κ3) is 4.84. The Kier molecular flexibility index (Phi) is 7.47. The van der Waals surface area contributed by atoms with Gasteiger partial charge in [0.2, 0.25) is 10.0 Å². The van der Waals surface area contributed by atoms with Crippen molar-refractivity contribution in [3.05, 3.63) is 28.8 Å². The molecule has 6 nitrogen and oxygen atoms in total. The lowest BCUT2D eigenvalue weighted by molar-refractivity contribution is 0.222. The number of nitrogens with zero attached hydrogens (tertiary/aromatic N) is 2. The number of phenolic OH excluding ortho intramolecular Hbond substituents is 2. The summed E-state index contributed by atoms with van der Waals surface area (Å²) in [4.78, 5) is 2.11. The number of sulfonamides is 1. The highest BCUT2D eigenvalue weighted by atomic mass is 32.2. The Bertz CT molecular complexity index is 887. The minimum absolute atomic E-state index is 0.00674. The smallest absolute Gasteiger partial charge is 0.247 e. The predicted molar refractivity (Wildman–Crippen MR) is 120 cm³/mol. The van der Waals surface area contributed by atoms with E-state index in [0.717, 1.165) is 38.5 Å². The van der Waals surface area contributed by atoms with Gasteiger partial charge in [0.15, 0.2) is 0 Å². The molecule has 2 N–H and O–H groups in total. The second-order valence-corrected chi connectivity index (χ2v) is 10.7. The van der Waals surface area contributed by atoms with Crippen LogP contribution in [0.3, 0.4) is 0 Å². The molecule has 0 amide bonds. The van der Waals surface area contributed by atoms with Gasteiger partial charge >= 0.3 is 0 Å². The van der Waals surface area contributed by atoms with E-state index >= 15 is 0 Å². The summed E-state index contributed by atoms with van der Waals surface area (Å²) in [5.74, 6) is -0.409. The minimum atomic E-state index is -3.85. The van der Waals surface area contributed by atoms with Gasteiger partial charge in [0.05, 0.1) is 0 Å². The number of benzene rings is 1. The maximum atomic E-state index is 13.6. The molecule has 1 aliphatic carbocycles. The van der Waals surface area contributed by atoms with Crippen molar-refractivity contribution in [3.8, 4) is 11.5 Å². The van der Waals surface area contributed by atoms with Crippen LogP contribution in [0.5, 0.6) is 11.5 Å². The molecule has 1 saturated heterocycles. The maximum Gasteiger partial charge on any atom is 0.247 e. The highest BCUT2D eigenvalue weighted by Crippen LogP contribution is 2.46. The van der Waals surface area contributed by atoms with Gasteiger partial charge in [0, 0.05) is 37.7 Å². The second-order valence-electron chi connectivity index (χ2n) is 8.82. The molecule has 0 bridgehead atoms. The number of hydrogen-bond donors (Lipinski definition) is 2. The quantitative estimate of drug-likeness (QED) is 0.499. The summed E-state index contributed by atoms with van der Waals surface area (Å²) in [6.07, 6.45) is 8.15. The van der Waals surface area contributed by atoms with E-state index in [2.05, 4.69) is 17.9 Å². The summed E-state index contributed by atoms with van der Waals surface area (Å²) in [5, 5.41) is 22.1. The molecule has 2 aliphatic rings. The molecule has 168 valence electrons. The number of piperazine rings is 1. The number of aryl methyl sites for hydroxylation is 1. The van der Waals surface area contributed by atoms with Crippen molar-refractivity contribution >= 4 is 10.0 Å². The van der Waals surface area contributed by atoms with E-state index in [1.165, 1.54) is 9.88 Å². The van der Waals surface area contributed by atoms with Crippen molar-refractivity contribution in [2.75, 3.05) is 33.2 Å². The first-order valence-electron chi connectivity index (χ1n) is 11.2. The predicted octanol–water partition coefficient (Wildman–Crippen LogP) is 3.98. The molecule has 1 aromatic rings. The van der Waals surface area contributed by atoms with E-state index in [1.54, 1.807) is 6.07 Å². The van der Waals surface area contributed by atoms with Crippen molar-refractivity contribution in [3.63, 3.8) is 0 Å². The van der Waals surface area contributed by atoms with Crippen LogP contribution in [-0.2, 0) is 16.4 Å². The Morgan fingerprint density at radius 2 is 1.83 bits per heavy atom. The lowest BCUT2D eigenvalue weighted by atomic mass is 9.84. The molecule has 1 aromatic carbocycles. The van der Waals surface area contributed by atoms with Gasteiger partial charge in [-0.25, -0.2) is 8.42 Å². The minimum Gasteiger partial charge on any atom is -0.507 e. The van der Waals surface area contributed by atoms with E-state index in [9.17, 15) is 18.6 Å². The molecule has 1 fully saturated rings. The van der Waals surface area contributed by atoms with Gasteiger partial charge in [0.25, 0.3) is 0 Å². The first kappa shape index (κ1) is 23.1. The van der Waals surface area contributed by atoms with Crippen LogP contribution >= 0.6 is 0 Å². The molecule has 1 heterocycles. The summed E-state index contributed by atoms with van der Waals surface area (Å²) in [7, 11) is -1.87. The van der Waals surface area contributed by atoms with Crippen LogP contribution in [-0.4, -0.2) is 61.1 Å². The van der Waals surface area contributed by atoms with Crippen LogP contribution < -0.4 is 0 Å². The monoisotopic (exact) mass is 436 g/mol. The van der Waals surface area contributed by atoms with Crippen LogP contribution in [0.4, 0.5) is 0 Å². The maximum absolute atomic E-state index is 13.6. The highest BCUT2D eigenvalue weighted by molar-refractivity contribution is 7.89. The third-order valence-electron chi connectivity index (χ3n) is 6.40. The summed E-state index contributed by atoms with van der Waals surface area (Å²) in [6, 6.07) is 1.59. The zero-order valence-electron chi connectivity index (χ0n) is 18.5. The SMILES string of the molecule is CCCCCc1cc(O)c(C2C=C(C)CCC2)c(O)c1S(=O)(=O)N1CCN(C)CC1. The molecule has 0 radical (unpaired) electrons. The van der Waals surface area contributed by atoms with Gasteiger partial charge < -0.3 is 15.1 Å². The van der Waals surface area contributed by atoms with Crippen LogP contribution in [0, 0.1) is 0 Å². The summed E-state index contributed by atoms with van der Waals surface area (Å²) >= 11 is 0. The van der Waals surface area contributed by atoms with Crippen LogP contribution in [0.1, 0.15) is 69.4 Å². The summed E-state index contributed by atoms with van der Waals surface area (Å²) in [6.45, 7) is 6.29. The summed E-state index contributed by atoms with van der Waals surface area (Å²) in [5.41, 5.74) is 2.10. The first-order chi connectivity index (χ1) is 14.3. The molecule has 1 aliphatic heterocycles. The Labute approximate surface area is 181 Å². The van der Waals surface area contributed by atoms with Crippen molar-refractivity contribution in [1.29, 1.82) is 0 Å². The molecule has 3 rings (SSSR count). The lowest BCUT2D eigenvalue weighted by Gasteiger charge is -2.33. The average Bonchev–Trinajstić information content (AvgIpc) is 2.68. The number of hydrogen-bond acceptors (Lipinski definition) is 5. The standard InChI is InChI=1S/C23H36N2O4S/c1-4-5-6-9-19-16-20(26)21(18-10-7-8-17(2)15-18)22(27)23(19)30(28,29)25-13-11-24(3)12-14-25/h15-16,18,26-27H,4-14H2,1-3H3. The van der Waals surface area contributed by atoms with Crippen LogP contribution in [0.25, 0.3) is 0 Å². The van der Waals surface area contributed by atoms with Gasteiger partial charge in [0.1, 0.15) is 16.4 Å². The molecule has 0 spiro atoms. The molecular weight excluding hydrogens is 400 g/mol. The molecule has 7 heteroatoms. The number of unbranched alkanes of at least 4 members (excludes halogenated alkanes) is 2. The van der Waals surface area contributed by atoms with Gasteiger partial charge in [-0.05, 0) is 57.7 Å². The number of allylic oxidation sites excluding steroid dienone is 2. The fourth-order valence-corrected chi connectivity index (χ4v) is 6.35. The van der Waals surface area contributed by atoms with Crippen LogP contribution in [0.2, 0.25) is 0 Å². The Balaban J connectivity index is 2.09. The fourth-order valence-electron chi connectivity index (χ4n) is 4.60. The van der Waals surface area contributed by atoms with E-state index in [4.69, 9.17) is 0 Å². The third-order valence-corrected chi connectivity index (χ3v) is 8.42. The van der Waals surface area contributed by atoms with Crippen molar-refractivity contribution in [2.45, 2.75) is 69.6 Å². The van der Waals surface area contributed by atoms with Crippen molar-refractivity contribution in [2.24, 2.45) is 0 Å². The number of likely N-dealkylation sites (N-methyl/N-ethyl adjacent to an activating group) is 1. The average molecular weight is 437 g/mol. The topological polar surface area (TPSA) is 81.1 Å². The van der Waals surface area contributed by atoms with Gasteiger partial charge in [-0.3, -0.25) is 0 Å². The largest absolute Gasteiger partial charge is 0.507 e. The second kappa shape index (κ2) is 9.71. The number of aromatic hydroxyl groups is 2. The van der Waals surface area contributed by atoms with Gasteiger partial charge in [-0.1, -0.05) is 31.4 Å². The zero-order valence-corrected chi connectivity index (χ0v) is 19.3. The van der Waals surface area contributed by atoms with E-state index in [1.807, 2.05) is 14.0 Å². The molecular formula is C23H36N2O4S. The van der Waals surface area contributed by atoms with Gasteiger partial charge in [-0.2, -0.15) is 4.31 Å². The fraction of sp³-hybridized carbons (Fsp3) is 0.652. The van der Waals surface area contributed by atoms with Crippen LogP contribution in [0.15, 0.2) is 22.6 Å². The molecule has 30 heavy (non-hydrogen) atoms. The van der Waals surface area contributed by atoms with Gasteiger partial charge in [-0.15, -0.1) is 0 Å². The zero-order chi connectivity index (χ0) is 21.9. The molecule has 0 saturated carbocycles. The van der Waals surface area contributed by atoms with E-state index in [-0.39, 0.29) is 22.3 Å². The number of phenols is 2. The van der Waals surface area contributed by atoms with Crippen molar-refractivity contribution in [1.82, 2.24) is 9.21 Å². The molecule has 0 aromatic heterocycles. The Morgan fingerprint density at radius 1 is 1.13 bits per heavy atom. The molecule has 1 atom stereocenters. The molecule has 1 unspecified atom stereocenters. The number of rotatable bonds is 7. The Morgan fingerprint density at radius 3 is 2.47 bits per heavy atom. The van der Waals surface area contributed by atoms with E-state index < -0.39 is 10.0 Å².